The average molecular weight is 429 g/mol. The van der Waals surface area contributed by atoms with Gasteiger partial charge >= 0.3 is 0 Å². The predicted molar refractivity (Wildman–Crippen MR) is 103 cm³/mol. The van der Waals surface area contributed by atoms with Crippen LogP contribution in [-0.4, -0.2) is 38.3 Å². The SMILES string of the molecule is C=C(Br)CNC(=O)c1cc(C)c(C)c(S(=O)(=O)N2CCC(C)CC2)c1. The summed E-state index contributed by atoms with van der Waals surface area (Å²) in [6, 6.07) is 3.21. The second-order valence-corrected chi connectivity index (χ2v) is 9.73. The maximum absolute atomic E-state index is 13.1. The summed E-state index contributed by atoms with van der Waals surface area (Å²) in [6.07, 6.45) is 1.73. The first kappa shape index (κ1) is 20.1. The molecule has 2 rings (SSSR count). The molecule has 7 heteroatoms. The predicted octanol–water partition coefficient (Wildman–Crippen LogP) is 3.36. The molecule has 1 aliphatic rings. The number of amides is 1. The van der Waals surface area contributed by atoms with Crippen LogP contribution in [0, 0.1) is 19.8 Å². The summed E-state index contributed by atoms with van der Waals surface area (Å²) in [7, 11) is -3.60. The molecule has 1 amide bonds. The number of nitrogens with zero attached hydrogens (tertiary/aromatic N) is 1. The lowest BCUT2D eigenvalue weighted by Gasteiger charge is -2.30. The van der Waals surface area contributed by atoms with Gasteiger partial charge in [0.05, 0.1) is 4.90 Å². The van der Waals surface area contributed by atoms with Crippen molar-refractivity contribution in [1.29, 1.82) is 0 Å². The Morgan fingerprint density at radius 3 is 2.48 bits per heavy atom. The molecule has 0 aromatic heterocycles. The monoisotopic (exact) mass is 428 g/mol. The van der Waals surface area contributed by atoms with Crippen molar-refractivity contribution in [2.75, 3.05) is 19.6 Å². The second-order valence-electron chi connectivity index (χ2n) is 6.70. The van der Waals surface area contributed by atoms with Crippen molar-refractivity contribution < 1.29 is 13.2 Å². The number of carbonyl (C=O) groups excluding carboxylic acids is 1. The first-order valence-corrected chi connectivity index (χ1v) is 10.6. The lowest BCUT2D eigenvalue weighted by Crippen LogP contribution is -2.38. The third kappa shape index (κ3) is 4.71. The maximum atomic E-state index is 13.1. The molecule has 0 atom stereocenters. The quantitative estimate of drug-likeness (QED) is 0.781. The van der Waals surface area contributed by atoms with Gasteiger partial charge in [0.25, 0.3) is 5.91 Å². The zero-order valence-corrected chi connectivity index (χ0v) is 17.3. The van der Waals surface area contributed by atoms with Crippen LogP contribution >= 0.6 is 15.9 Å². The summed E-state index contributed by atoms with van der Waals surface area (Å²) in [4.78, 5) is 12.6. The van der Waals surface area contributed by atoms with Gasteiger partial charge < -0.3 is 5.32 Å². The van der Waals surface area contributed by atoms with E-state index in [1.165, 1.54) is 10.4 Å². The van der Waals surface area contributed by atoms with Gasteiger partial charge in [-0.15, -0.1) is 0 Å². The number of benzene rings is 1. The van der Waals surface area contributed by atoms with Crippen molar-refractivity contribution in [3.8, 4) is 0 Å². The normalized spacial score (nSPS) is 16.6. The van der Waals surface area contributed by atoms with Crippen molar-refractivity contribution in [3.05, 3.63) is 39.9 Å². The summed E-state index contributed by atoms with van der Waals surface area (Å²) in [5.74, 6) is 0.233. The van der Waals surface area contributed by atoms with Crippen molar-refractivity contribution >= 4 is 31.9 Å². The van der Waals surface area contributed by atoms with E-state index < -0.39 is 10.0 Å². The van der Waals surface area contributed by atoms with Crippen molar-refractivity contribution in [2.45, 2.75) is 38.5 Å². The number of hydrogen-bond acceptors (Lipinski definition) is 3. The average Bonchev–Trinajstić information content (AvgIpc) is 2.55. The number of rotatable bonds is 5. The van der Waals surface area contributed by atoms with E-state index in [1.807, 2.05) is 6.92 Å². The summed E-state index contributed by atoms with van der Waals surface area (Å²) >= 11 is 3.19. The fraction of sp³-hybridized carbons (Fsp3) is 0.500. The summed E-state index contributed by atoms with van der Waals surface area (Å²) in [5.41, 5.74) is 1.83. The smallest absolute Gasteiger partial charge is 0.251 e. The molecule has 1 heterocycles. The molecule has 5 nitrogen and oxygen atoms in total. The number of carbonyl (C=O) groups is 1. The number of aryl methyl sites for hydroxylation is 1. The van der Waals surface area contributed by atoms with Crippen LogP contribution in [-0.2, 0) is 10.0 Å². The highest BCUT2D eigenvalue weighted by molar-refractivity contribution is 9.11. The molecular formula is C18H25BrN2O3S. The highest BCUT2D eigenvalue weighted by Crippen LogP contribution is 2.28. The summed E-state index contributed by atoms with van der Waals surface area (Å²) in [5, 5.41) is 2.72. The number of piperidine rings is 1. The van der Waals surface area contributed by atoms with E-state index in [0.717, 1.165) is 18.4 Å². The van der Waals surface area contributed by atoms with Crippen LogP contribution in [0.5, 0.6) is 0 Å². The molecule has 1 aromatic carbocycles. The molecule has 1 fully saturated rings. The van der Waals surface area contributed by atoms with E-state index in [2.05, 4.69) is 34.7 Å². The van der Waals surface area contributed by atoms with Crippen LogP contribution < -0.4 is 5.32 Å². The largest absolute Gasteiger partial charge is 0.347 e. The topological polar surface area (TPSA) is 66.5 Å². The molecule has 0 aliphatic carbocycles. The Balaban J connectivity index is 2.36. The van der Waals surface area contributed by atoms with Crippen LogP contribution in [0.3, 0.4) is 0 Å². The first-order valence-electron chi connectivity index (χ1n) is 8.35. The minimum atomic E-state index is -3.60. The Morgan fingerprint density at radius 2 is 1.92 bits per heavy atom. The molecule has 1 saturated heterocycles. The lowest BCUT2D eigenvalue weighted by atomic mass is 10.0. The summed E-state index contributed by atoms with van der Waals surface area (Å²) in [6.45, 7) is 10.8. The molecule has 1 aromatic rings. The van der Waals surface area contributed by atoms with E-state index in [1.54, 1.807) is 13.0 Å². The zero-order chi connectivity index (χ0) is 18.8. The Bertz CT molecular complexity index is 782. The number of sulfonamides is 1. The van der Waals surface area contributed by atoms with Crippen LogP contribution in [0.1, 0.15) is 41.3 Å². The number of hydrogen-bond donors (Lipinski definition) is 1. The lowest BCUT2D eigenvalue weighted by molar-refractivity contribution is 0.0957. The van der Waals surface area contributed by atoms with E-state index in [-0.39, 0.29) is 17.3 Å². The van der Waals surface area contributed by atoms with E-state index in [0.29, 0.717) is 34.6 Å². The highest BCUT2D eigenvalue weighted by atomic mass is 79.9. The maximum Gasteiger partial charge on any atom is 0.251 e. The Labute approximate surface area is 158 Å². The van der Waals surface area contributed by atoms with Crippen LogP contribution in [0.4, 0.5) is 0 Å². The minimum Gasteiger partial charge on any atom is -0.347 e. The van der Waals surface area contributed by atoms with Crippen LogP contribution in [0.15, 0.2) is 28.1 Å². The van der Waals surface area contributed by atoms with Gasteiger partial charge in [-0.3, -0.25) is 4.79 Å². The van der Waals surface area contributed by atoms with E-state index in [4.69, 9.17) is 0 Å². The van der Waals surface area contributed by atoms with Gasteiger partial charge in [0.2, 0.25) is 10.0 Å². The number of nitrogens with one attached hydrogen (secondary N) is 1. The Hall–Kier alpha value is -1.18. The molecule has 0 saturated carbocycles. The van der Waals surface area contributed by atoms with Gasteiger partial charge in [0, 0.05) is 29.7 Å². The molecule has 0 bridgehead atoms. The first-order chi connectivity index (χ1) is 11.6. The minimum absolute atomic E-state index is 0.227. The van der Waals surface area contributed by atoms with Gasteiger partial charge in [-0.2, -0.15) is 4.31 Å². The summed E-state index contributed by atoms with van der Waals surface area (Å²) < 4.78 is 28.4. The van der Waals surface area contributed by atoms with Gasteiger partial charge in [-0.1, -0.05) is 29.4 Å². The fourth-order valence-corrected chi connectivity index (χ4v) is 4.80. The molecule has 138 valence electrons. The van der Waals surface area contributed by atoms with Crippen molar-refractivity contribution in [3.63, 3.8) is 0 Å². The molecular weight excluding hydrogens is 404 g/mol. The van der Waals surface area contributed by atoms with E-state index >= 15 is 0 Å². The standard InChI is InChI=1S/C18H25BrN2O3S/c1-12-5-7-21(8-6-12)25(23,24)17-10-16(9-13(2)15(17)4)18(22)20-11-14(3)19/h9-10,12H,3,5-8,11H2,1-2,4H3,(H,20,22). The zero-order valence-electron chi connectivity index (χ0n) is 14.9. The van der Waals surface area contributed by atoms with Crippen LogP contribution in [0.2, 0.25) is 0 Å². The molecule has 0 radical (unpaired) electrons. The molecule has 0 spiro atoms. The van der Waals surface area contributed by atoms with Gasteiger partial charge in [-0.05, 0) is 55.9 Å². The highest BCUT2D eigenvalue weighted by Gasteiger charge is 2.30. The third-order valence-corrected chi connectivity index (χ3v) is 6.99. The van der Waals surface area contributed by atoms with Crippen LogP contribution in [0.25, 0.3) is 0 Å². The van der Waals surface area contributed by atoms with Gasteiger partial charge in [0.1, 0.15) is 0 Å². The molecule has 0 unspecified atom stereocenters. The third-order valence-electron chi connectivity index (χ3n) is 4.68. The fourth-order valence-electron chi connectivity index (χ4n) is 2.87. The molecule has 1 N–H and O–H groups in total. The van der Waals surface area contributed by atoms with Gasteiger partial charge in [-0.25, -0.2) is 8.42 Å². The Morgan fingerprint density at radius 1 is 1.32 bits per heavy atom. The molecule has 1 aliphatic heterocycles. The van der Waals surface area contributed by atoms with Gasteiger partial charge in [0.15, 0.2) is 0 Å². The van der Waals surface area contributed by atoms with Crippen molar-refractivity contribution in [2.24, 2.45) is 5.92 Å². The van der Waals surface area contributed by atoms with E-state index in [9.17, 15) is 13.2 Å². The second kappa shape index (κ2) is 8.01. The Kier molecular flexibility index (Phi) is 6.45. The molecule has 25 heavy (non-hydrogen) atoms. The van der Waals surface area contributed by atoms with Crippen molar-refractivity contribution in [1.82, 2.24) is 9.62 Å². The number of halogens is 1.